The highest BCUT2D eigenvalue weighted by Gasteiger charge is 2.21. The number of hydrogen-bond acceptors (Lipinski definition) is 4. The molecule has 5 nitrogen and oxygen atoms in total. The Morgan fingerprint density at radius 1 is 1.12 bits per heavy atom. The molecule has 128 valence electrons. The zero-order valence-corrected chi connectivity index (χ0v) is 14.3. The van der Waals surface area contributed by atoms with Crippen molar-refractivity contribution in [2.45, 2.75) is 18.9 Å². The first-order valence-corrected chi connectivity index (χ1v) is 7.71. The Morgan fingerprint density at radius 2 is 1.88 bits per heavy atom. The van der Waals surface area contributed by atoms with Gasteiger partial charge in [0.2, 0.25) is 5.91 Å². The van der Waals surface area contributed by atoms with Gasteiger partial charge in [-0.05, 0) is 55.8 Å². The Hall–Kier alpha value is -2.24. The first kappa shape index (κ1) is 18.1. The highest BCUT2D eigenvalue weighted by atomic mass is 35.5. The third-order valence-corrected chi connectivity index (χ3v) is 3.78. The Balaban J connectivity index is 0.00000208. The van der Waals surface area contributed by atoms with Gasteiger partial charge >= 0.3 is 0 Å². The lowest BCUT2D eigenvalue weighted by Crippen LogP contribution is -2.35. The van der Waals surface area contributed by atoms with Crippen LogP contribution in [0, 0.1) is 0 Å². The van der Waals surface area contributed by atoms with E-state index in [1.807, 2.05) is 48.5 Å². The first-order chi connectivity index (χ1) is 11.2. The normalized spacial score (nSPS) is 16.1. The van der Waals surface area contributed by atoms with Crippen molar-refractivity contribution in [1.82, 2.24) is 5.32 Å². The van der Waals surface area contributed by atoms with Gasteiger partial charge in [-0.25, -0.2) is 0 Å². The summed E-state index contributed by atoms with van der Waals surface area (Å²) in [6, 6.07) is 14.7. The number of benzene rings is 2. The molecule has 1 aliphatic heterocycles. The Morgan fingerprint density at radius 3 is 2.54 bits per heavy atom. The van der Waals surface area contributed by atoms with Gasteiger partial charge in [0, 0.05) is 11.8 Å². The highest BCUT2D eigenvalue weighted by Crippen LogP contribution is 2.26. The maximum atomic E-state index is 12.0. The van der Waals surface area contributed by atoms with Crippen molar-refractivity contribution in [2.75, 3.05) is 19.0 Å². The van der Waals surface area contributed by atoms with Crippen LogP contribution in [-0.4, -0.2) is 25.6 Å². The Bertz CT molecular complexity index is 670. The molecule has 2 aromatic rings. The van der Waals surface area contributed by atoms with Gasteiger partial charge in [0.15, 0.2) is 0 Å². The second-order valence-electron chi connectivity index (χ2n) is 5.44. The third kappa shape index (κ3) is 4.63. The number of carbonyl (C=O) groups excluding carboxylic acids is 1. The van der Waals surface area contributed by atoms with E-state index in [-0.39, 0.29) is 24.4 Å². The predicted molar refractivity (Wildman–Crippen MR) is 96.4 cm³/mol. The minimum Gasteiger partial charge on any atom is -0.497 e. The molecule has 2 aromatic carbocycles. The van der Waals surface area contributed by atoms with Crippen molar-refractivity contribution >= 4 is 24.0 Å². The molecular weight excluding hydrogens is 328 g/mol. The monoisotopic (exact) mass is 348 g/mol. The number of halogens is 1. The van der Waals surface area contributed by atoms with Crippen molar-refractivity contribution in [3.8, 4) is 17.2 Å². The molecule has 1 fully saturated rings. The minimum atomic E-state index is -0.0808. The lowest BCUT2D eigenvalue weighted by atomic mass is 10.2. The van der Waals surface area contributed by atoms with E-state index in [9.17, 15) is 4.79 Å². The third-order valence-electron chi connectivity index (χ3n) is 3.78. The topological polar surface area (TPSA) is 59.6 Å². The average molecular weight is 349 g/mol. The number of anilines is 1. The van der Waals surface area contributed by atoms with Gasteiger partial charge in [-0.2, -0.15) is 0 Å². The van der Waals surface area contributed by atoms with Crippen LogP contribution in [0.15, 0.2) is 48.5 Å². The van der Waals surface area contributed by atoms with Crippen molar-refractivity contribution in [1.29, 1.82) is 0 Å². The van der Waals surface area contributed by atoms with Crippen LogP contribution in [0.4, 0.5) is 5.69 Å². The standard InChI is InChI=1S/C18H20N2O3.ClH/c1-22-15-4-2-5-16(12-15)23-14-9-7-13(8-10-14)20-18(21)17-6-3-11-19-17;/h2,4-5,7-10,12,17,19H,3,6,11H2,1H3,(H,20,21);1H. The van der Waals surface area contributed by atoms with Crippen molar-refractivity contribution in [3.05, 3.63) is 48.5 Å². The van der Waals surface area contributed by atoms with Crippen LogP contribution >= 0.6 is 12.4 Å². The zero-order chi connectivity index (χ0) is 16.1. The molecule has 0 saturated carbocycles. The van der Waals surface area contributed by atoms with Crippen LogP contribution in [-0.2, 0) is 4.79 Å². The summed E-state index contributed by atoms with van der Waals surface area (Å²) in [5.41, 5.74) is 0.765. The molecular formula is C18H21ClN2O3. The van der Waals surface area contributed by atoms with Gasteiger partial charge in [-0.3, -0.25) is 4.79 Å². The van der Waals surface area contributed by atoms with E-state index in [0.29, 0.717) is 11.5 Å². The second-order valence-corrected chi connectivity index (χ2v) is 5.44. The summed E-state index contributed by atoms with van der Waals surface area (Å²) in [6.45, 7) is 0.908. The zero-order valence-electron chi connectivity index (χ0n) is 13.5. The molecule has 24 heavy (non-hydrogen) atoms. The van der Waals surface area contributed by atoms with Crippen molar-refractivity contribution in [2.24, 2.45) is 0 Å². The molecule has 1 atom stereocenters. The second kappa shape index (κ2) is 8.57. The van der Waals surface area contributed by atoms with E-state index in [1.165, 1.54) is 0 Å². The molecule has 1 unspecified atom stereocenters. The average Bonchev–Trinajstić information content (AvgIpc) is 3.11. The van der Waals surface area contributed by atoms with Crippen LogP contribution in [0.25, 0.3) is 0 Å². The molecule has 2 N–H and O–H groups in total. The van der Waals surface area contributed by atoms with E-state index in [2.05, 4.69) is 10.6 Å². The summed E-state index contributed by atoms with van der Waals surface area (Å²) in [5, 5.41) is 6.10. The van der Waals surface area contributed by atoms with Gasteiger partial charge in [-0.15, -0.1) is 12.4 Å². The molecule has 0 spiro atoms. The van der Waals surface area contributed by atoms with Gasteiger partial charge in [-0.1, -0.05) is 6.07 Å². The van der Waals surface area contributed by atoms with Crippen molar-refractivity contribution < 1.29 is 14.3 Å². The fourth-order valence-corrected chi connectivity index (χ4v) is 2.54. The van der Waals surface area contributed by atoms with Gasteiger partial charge < -0.3 is 20.1 Å². The number of amides is 1. The number of hydrogen-bond donors (Lipinski definition) is 2. The molecule has 1 amide bonds. The number of rotatable bonds is 5. The number of methoxy groups -OCH3 is 1. The molecule has 0 bridgehead atoms. The summed E-state index contributed by atoms with van der Waals surface area (Å²) in [5.74, 6) is 2.17. The van der Waals surface area contributed by atoms with Crippen LogP contribution in [0.3, 0.4) is 0 Å². The van der Waals surface area contributed by atoms with Gasteiger partial charge in [0.05, 0.1) is 13.2 Å². The lowest BCUT2D eigenvalue weighted by molar-refractivity contribution is -0.117. The van der Waals surface area contributed by atoms with E-state index in [0.717, 1.165) is 30.8 Å². The molecule has 1 aliphatic rings. The molecule has 0 aliphatic carbocycles. The molecule has 3 rings (SSSR count). The van der Waals surface area contributed by atoms with Crippen LogP contribution in [0.1, 0.15) is 12.8 Å². The summed E-state index contributed by atoms with van der Waals surface area (Å²) < 4.78 is 10.9. The summed E-state index contributed by atoms with van der Waals surface area (Å²) in [7, 11) is 1.62. The summed E-state index contributed by atoms with van der Waals surface area (Å²) in [4.78, 5) is 12.0. The molecule has 0 radical (unpaired) electrons. The maximum absolute atomic E-state index is 12.0. The molecule has 1 saturated heterocycles. The van der Waals surface area contributed by atoms with Crippen LogP contribution < -0.4 is 20.1 Å². The van der Waals surface area contributed by atoms with E-state index in [1.54, 1.807) is 7.11 Å². The smallest absolute Gasteiger partial charge is 0.241 e. The predicted octanol–water partition coefficient (Wildman–Crippen LogP) is 3.60. The molecule has 0 aromatic heterocycles. The van der Waals surface area contributed by atoms with E-state index in [4.69, 9.17) is 9.47 Å². The quantitative estimate of drug-likeness (QED) is 0.866. The fraction of sp³-hybridized carbons (Fsp3) is 0.278. The summed E-state index contributed by atoms with van der Waals surface area (Å²) >= 11 is 0. The lowest BCUT2D eigenvalue weighted by Gasteiger charge is -2.12. The fourth-order valence-electron chi connectivity index (χ4n) is 2.54. The Kier molecular flexibility index (Phi) is 6.46. The summed E-state index contributed by atoms with van der Waals surface area (Å²) in [6.07, 6.45) is 1.94. The van der Waals surface area contributed by atoms with E-state index >= 15 is 0 Å². The number of ether oxygens (including phenoxy) is 2. The largest absolute Gasteiger partial charge is 0.497 e. The first-order valence-electron chi connectivity index (χ1n) is 7.71. The number of nitrogens with one attached hydrogen (secondary N) is 2. The van der Waals surface area contributed by atoms with E-state index < -0.39 is 0 Å². The van der Waals surface area contributed by atoms with Crippen LogP contribution in [0.5, 0.6) is 17.2 Å². The number of carbonyl (C=O) groups is 1. The van der Waals surface area contributed by atoms with Crippen LogP contribution in [0.2, 0.25) is 0 Å². The minimum absolute atomic E-state index is 0. The van der Waals surface area contributed by atoms with Gasteiger partial charge in [0.1, 0.15) is 17.2 Å². The SMILES string of the molecule is COc1cccc(Oc2ccc(NC(=O)C3CCCN3)cc2)c1.Cl. The Labute approximate surface area is 147 Å². The van der Waals surface area contributed by atoms with Gasteiger partial charge in [0.25, 0.3) is 0 Å². The van der Waals surface area contributed by atoms with Crippen molar-refractivity contribution in [3.63, 3.8) is 0 Å². The highest BCUT2D eigenvalue weighted by molar-refractivity contribution is 5.95. The maximum Gasteiger partial charge on any atom is 0.241 e. The molecule has 1 heterocycles. The molecule has 6 heteroatoms.